The van der Waals surface area contributed by atoms with Crippen LogP contribution in [0.3, 0.4) is 0 Å². The van der Waals surface area contributed by atoms with Crippen LogP contribution in [0.25, 0.3) is 0 Å². The molecule has 25 heavy (non-hydrogen) atoms. The van der Waals surface area contributed by atoms with Crippen LogP contribution >= 0.6 is 0 Å². The Kier molecular flexibility index (Phi) is 9.73. The van der Waals surface area contributed by atoms with E-state index in [4.69, 9.17) is 0 Å². The number of ether oxygens (including phenoxy) is 3. The smallest absolute Gasteiger partial charge is 0.328 e. The predicted molar refractivity (Wildman–Crippen MR) is 86.1 cm³/mol. The molecule has 0 aliphatic carbocycles. The summed E-state index contributed by atoms with van der Waals surface area (Å²) in [5, 5.41) is 12.2. The number of aliphatic hydroxyl groups is 1. The average Bonchev–Trinajstić information content (AvgIpc) is 2.57. The Balaban J connectivity index is 5.48. The van der Waals surface area contributed by atoms with Crippen molar-refractivity contribution in [2.24, 2.45) is 17.8 Å². The van der Waals surface area contributed by atoms with Crippen LogP contribution in [-0.4, -0.2) is 62.4 Å². The molecule has 0 rings (SSSR count). The summed E-state index contributed by atoms with van der Waals surface area (Å²) < 4.78 is 13.8. The molecule has 0 aromatic carbocycles. The Labute approximate surface area is 147 Å². The number of nitrogens with one attached hydrogen (secondary N) is 1. The maximum atomic E-state index is 12.1. The van der Waals surface area contributed by atoms with Gasteiger partial charge in [-0.3, -0.25) is 14.4 Å². The Morgan fingerprint density at radius 2 is 1.32 bits per heavy atom. The lowest BCUT2D eigenvalue weighted by molar-refractivity contribution is -0.163. The third-order valence-corrected chi connectivity index (χ3v) is 3.71. The maximum absolute atomic E-state index is 12.1. The molecule has 0 saturated carbocycles. The molecule has 0 saturated heterocycles. The third-order valence-electron chi connectivity index (χ3n) is 3.71. The van der Waals surface area contributed by atoms with Crippen molar-refractivity contribution in [2.45, 2.75) is 39.3 Å². The lowest BCUT2D eigenvalue weighted by atomic mass is 9.87. The van der Waals surface area contributed by atoms with Gasteiger partial charge in [0.25, 0.3) is 0 Å². The van der Waals surface area contributed by atoms with E-state index in [1.54, 1.807) is 0 Å². The highest BCUT2D eigenvalue weighted by molar-refractivity contribution is 5.96. The molecule has 0 spiro atoms. The molecule has 0 aromatic heterocycles. The number of amides is 1. The van der Waals surface area contributed by atoms with Gasteiger partial charge in [0.2, 0.25) is 5.91 Å². The molecule has 0 unspecified atom stereocenters. The Hall–Kier alpha value is -2.16. The molecule has 0 aliphatic rings. The highest BCUT2D eigenvalue weighted by atomic mass is 16.5. The van der Waals surface area contributed by atoms with Gasteiger partial charge in [-0.15, -0.1) is 0 Å². The van der Waals surface area contributed by atoms with Crippen molar-refractivity contribution in [2.75, 3.05) is 21.3 Å². The van der Waals surface area contributed by atoms with Crippen LogP contribution in [0.4, 0.5) is 0 Å². The fourth-order valence-corrected chi connectivity index (χ4v) is 2.31. The molecule has 0 aromatic rings. The minimum Gasteiger partial charge on any atom is -0.468 e. The molecule has 0 bridgehead atoms. The second-order valence-corrected chi connectivity index (χ2v) is 6.04. The summed E-state index contributed by atoms with van der Waals surface area (Å²) >= 11 is 0. The highest BCUT2D eigenvalue weighted by Crippen LogP contribution is 2.21. The maximum Gasteiger partial charge on any atom is 0.328 e. The molecule has 1 amide bonds. The monoisotopic (exact) mass is 361 g/mol. The summed E-state index contributed by atoms with van der Waals surface area (Å²) in [5.74, 6) is -5.91. The van der Waals surface area contributed by atoms with Crippen molar-refractivity contribution in [3.8, 4) is 0 Å². The molecular weight excluding hydrogens is 334 g/mol. The topological polar surface area (TPSA) is 128 Å². The van der Waals surface area contributed by atoms with Crippen molar-refractivity contribution in [1.82, 2.24) is 5.32 Å². The molecule has 9 heteroatoms. The van der Waals surface area contributed by atoms with Crippen LogP contribution in [0.2, 0.25) is 0 Å². The molecule has 0 radical (unpaired) electrons. The number of carbonyl (C=O) groups excluding carboxylic acids is 4. The quantitative estimate of drug-likeness (QED) is 0.324. The zero-order chi connectivity index (χ0) is 19.7. The number of carbonyl (C=O) groups is 4. The van der Waals surface area contributed by atoms with Crippen molar-refractivity contribution < 1.29 is 38.5 Å². The first-order chi connectivity index (χ1) is 11.6. The van der Waals surface area contributed by atoms with Crippen LogP contribution < -0.4 is 5.32 Å². The van der Waals surface area contributed by atoms with Gasteiger partial charge in [0.1, 0.15) is 12.1 Å². The van der Waals surface area contributed by atoms with E-state index >= 15 is 0 Å². The van der Waals surface area contributed by atoms with E-state index < -0.39 is 47.8 Å². The van der Waals surface area contributed by atoms with E-state index in [-0.39, 0.29) is 12.3 Å². The predicted octanol–water partition coefficient (Wildman–Crippen LogP) is -0.350. The minimum absolute atomic E-state index is 0.0487. The standard InChI is InChI=1S/C16H27NO8/c1-8(2)7-10(18)13(19)17-12(16(22)25-6)9(3)11(14(20)23-4)15(21)24-5/h8-12,18H,7H2,1-6H3,(H,17,19)/t9-,10+,12+/m0/s1. The molecular formula is C16H27NO8. The SMILES string of the molecule is COC(=O)C(C(=O)OC)[C@H](C)[C@@H](NC(=O)[C@H](O)CC(C)C)C(=O)OC. The first kappa shape index (κ1) is 22.8. The van der Waals surface area contributed by atoms with E-state index in [9.17, 15) is 24.3 Å². The van der Waals surface area contributed by atoms with Crippen molar-refractivity contribution in [3.63, 3.8) is 0 Å². The fraction of sp³-hybridized carbons (Fsp3) is 0.750. The summed E-state index contributed by atoms with van der Waals surface area (Å²) in [7, 11) is 3.27. The Bertz CT molecular complexity index is 475. The molecule has 9 nitrogen and oxygen atoms in total. The zero-order valence-corrected chi connectivity index (χ0v) is 15.4. The number of hydrogen-bond donors (Lipinski definition) is 2. The zero-order valence-electron chi connectivity index (χ0n) is 15.4. The van der Waals surface area contributed by atoms with Gasteiger partial charge < -0.3 is 24.6 Å². The molecule has 2 N–H and O–H groups in total. The number of methoxy groups -OCH3 is 3. The second-order valence-electron chi connectivity index (χ2n) is 6.04. The van der Waals surface area contributed by atoms with Crippen LogP contribution in [-0.2, 0) is 33.4 Å². The van der Waals surface area contributed by atoms with Gasteiger partial charge >= 0.3 is 17.9 Å². The van der Waals surface area contributed by atoms with Crippen LogP contribution in [0.1, 0.15) is 27.2 Å². The molecule has 0 aliphatic heterocycles. The van der Waals surface area contributed by atoms with Crippen molar-refractivity contribution in [1.29, 1.82) is 0 Å². The molecule has 0 heterocycles. The highest BCUT2D eigenvalue weighted by Gasteiger charge is 2.42. The van der Waals surface area contributed by atoms with E-state index in [1.165, 1.54) is 6.92 Å². The molecule has 144 valence electrons. The van der Waals surface area contributed by atoms with Gasteiger partial charge in [-0.2, -0.15) is 0 Å². The van der Waals surface area contributed by atoms with E-state index in [1.807, 2.05) is 13.8 Å². The first-order valence-electron chi connectivity index (χ1n) is 7.82. The number of aliphatic hydroxyl groups excluding tert-OH is 1. The second kappa shape index (κ2) is 10.7. The van der Waals surface area contributed by atoms with Crippen molar-refractivity contribution in [3.05, 3.63) is 0 Å². The molecule has 3 atom stereocenters. The lowest BCUT2D eigenvalue weighted by Gasteiger charge is -2.27. The largest absolute Gasteiger partial charge is 0.468 e. The number of esters is 3. The van der Waals surface area contributed by atoms with Gasteiger partial charge in [-0.05, 0) is 12.3 Å². The number of rotatable bonds is 9. The van der Waals surface area contributed by atoms with E-state index in [2.05, 4.69) is 19.5 Å². The van der Waals surface area contributed by atoms with E-state index in [0.717, 1.165) is 21.3 Å². The Morgan fingerprint density at radius 3 is 1.68 bits per heavy atom. The van der Waals surface area contributed by atoms with Crippen LogP contribution in [0, 0.1) is 17.8 Å². The fourth-order valence-electron chi connectivity index (χ4n) is 2.31. The summed E-state index contributed by atoms with van der Waals surface area (Å²) in [5.41, 5.74) is 0. The average molecular weight is 361 g/mol. The lowest BCUT2D eigenvalue weighted by Crippen LogP contribution is -2.53. The normalized spacial score (nSPS) is 14.4. The van der Waals surface area contributed by atoms with Crippen LogP contribution in [0.15, 0.2) is 0 Å². The van der Waals surface area contributed by atoms with E-state index in [0.29, 0.717) is 0 Å². The van der Waals surface area contributed by atoms with Crippen molar-refractivity contribution >= 4 is 23.8 Å². The van der Waals surface area contributed by atoms with Gasteiger partial charge in [0, 0.05) is 5.92 Å². The molecule has 0 fully saturated rings. The first-order valence-corrected chi connectivity index (χ1v) is 7.82. The Morgan fingerprint density at radius 1 is 0.880 bits per heavy atom. The summed E-state index contributed by atoms with van der Waals surface area (Å²) in [6.45, 7) is 5.04. The van der Waals surface area contributed by atoms with Crippen LogP contribution in [0.5, 0.6) is 0 Å². The summed E-state index contributed by atoms with van der Waals surface area (Å²) in [6.07, 6.45) is -1.15. The summed E-state index contributed by atoms with van der Waals surface area (Å²) in [6, 6.07) is -1.34. The summed E-state index contributed by atoms with van der Waals surface area (Å²) in [4.78, 5) is 47.9. The van der Waals surface area contributed by atoms with Gasteiger partial charge in [0.05, 0.1) is 21.3 Å². The third kappa shape index (κ3) is 6.69. The van der Waals surface area contributed by atoms with Gasteiger partial charge in [-0.25, -0.2) is 4.79 Å². The van der Waals surface area contributed by atoms with Gasteiger partial charge in [-0.1, -0.05) is 20.8 Å². The van der Waals surface area contributed by atoms with Gasteiger partial charge in [0.15, 0.2) is 5.92 Å². The number of hydrogen-bond acceptors (Lipinski definition) is 8. The minimum atomic E-state index is -1.44.